The number of amides is 1. The molecule has 1 heterocycles. The van der Waals surface area contributed by atoms with E-state index in [1.165, 1.54) is 0 Å². The summed E-state index contributed by atoms with van der Waals surface area (Å²) in [5, 5.41) is 6.81. The van der Waals surface area contributed by atoms with Gasteiger partial charge in [0.15, 0.2) is 0 Å². The van der Waals surface area contributed by atoms with Crippen molar-refractivity contribution in [2.75, 3.05) is 6.54 Å². The SMILES string of the molecule is C#CCNC(=O)C(C)NC(C)c1ncc(C)s1. The Labute approximate surface area is 106 Å². The zero-order valence-corrected chi connectivity index (χ0v) is 11.1. The third-order valence-electron chi connectivity index (χ3n) is 2.27. The van der Waals surface area contributed by atoms with Gasteiger partial charge in [-0.2, -0.15) is 0 Å². The topological polar surface area (TPSA) is 54.0 Å². The number of aryl methyl sites for hydroxylation is 1. The van der Waals surface area contributed by atoms with Crippen LogP contribution in [0, 0.1) is 19.3 Å². The number of carbonyl (C=O) groups is 1. The molecule has 17 heavy (non-hydrogen) atoms. The molecule has 5 heteroatoms. The minimum absolute atomic E-state index is 0.0558. The standard InChI is InChI=1S/C12H17N3OS/c1-5-6-13-11(16)9(3)15-10(4)12-14-7-8(2)17-12/h1,7,9-10,15H,6H2,2-4H3,(H,13,16). The predicted molar refractivity (Wildman–Crippen MR) is 69.7 cm³/mol. The molecular weight excluding hydrogens is 234 g/mol. The Morgan fingerprint density at radius 2 is 2.35 bits per heavy atom. The number of aromatic nitrogens is 1. The molecule has 2 unspecified atom stereocenters. The van der Waals surface area contributed by atoms with E-state index in [-0.39, 0.29) is 24.5 Å². The molecule has 0 aliphatic carbocycles. The maximum atomic E-state index is 11.6. The normalized spacial score (nSPS) is 13.8. The van der Waals surface area contributed by atoms with Crippen LogP contribution in [0.25, 0.3) is 0 Å². The number of rotatable bonds is 5. The lowest BCUT2D eigenvalue weighted by molar-refractivity contribution is -0.122. The molecule has 1 rings (SSSR count). The van der Waals surface area contributed by atoms with Crippen molar-refractivity contribution in [1.29, 1.82) is 0 Å². The van der Waals surface area contributed by atoms with Crippen molar-refractivity contribution in [3.63, 3.8) is 0 Å². The van der Waals surface area contributed by atoms with Crippen molar-refractivity contribution in [1.82, 2.24) is 15.6 Å². The Bertz CT molecular complexity index is 422. The monoisotopic (exact) mass is 251 g/mol. The summed E-state index contributed by atoms with van der Waals surface area (Å²) in [6.45, 7) is 6.07. The molecule has 1 aromatic heterocycles. The van der Waals surface area contributed by atoms with Gasteiger partial charge < -0.3 is 5.32 Å². The Kier molecular flexibility index (Phi) is 5.13. The highest BCUT2D eigenvalue weighted by atomic mass is 32.1. The Morgan fingerprint density at radius 3 is 2.88 bits per heavy atom. The molecule has 1 aromatic rings. The average Bonchev–Trinajstić information content (AvgIpc) is 2.72. The van der Waals surface area contributed by atoms with Gasteiger partial charge in [0.1, 0.15) is 5.01 Å². The molecule has 0 spiro atoms. The van der Waals surface area contributed by atoms with E-state index in [4.69, 9.17) is 6.42 Å². The molecule has 0 aliphatic heterocycles. The third kappa shape index (κ3) is 4.17. The second-order valence-corrected chi connectivity index (χ2v) is 5.11. The van der Waals surface area contributed by atoms with Crippen molar-refractivity contribution in [3.05, 3.63) is 16.1 Å². The van der Waals surface area contributed by atoms with E-state index in [9.17, 15) is 4.79 Å². The third-order valence-corrected chi connectivity index (χ3v) is 3.36. The zero-order valence-electron chi connectivity index (χ0n) is 10.3. The van der Waals surface area contributed by atoms with E-state index in [0.29, 0.717) is 0 Å². The van der Waals surface area contributed by atoms with E-state index in [1.54, 1.807) is 11.3 Å². The predicted octanol–water partition coefficient (Wildman–Crippen LogP) is 1.24. The van der Waals surface area contributed by atoms with Crippen molar-refractivity contribution < 1.29 is 4.79 Å². The lowest BCUT2D eigenvalue weighted by atomic mass is 10.2. The Morgan fingerprint density at radius 1 is 1.65 bits per heavy atom. The molecule has 2 atom stereocenters. The quantitative estimate of drug-likeness (QED) is 0.774. The number of nitrogens with one attached hydrogen (secondary N) is 2. The van der Waals surface area contributed by atoms with Gasteiger partial charge in [-0.1, -0.05) is 5.92 Å². The van der Waals surface area contributed by atoms with E-state index in [2.05, 4.69) is 21.5 Å². The van der Waals surface area contributed by atoms with E-state index in [0.717, 1.165) is 9.88 Å². The second-order valence-electron chi connectivity index (χ2n) is 3.84. The Hall–Kier alpha value is -1.38. The first-order chi connectivity index (χ1) is 8.04. The van der Waals surface area contributed by atoms with Crippen LogP contribution in [-0.4, -0.2) is 23.5 Å². The maximum Gasteiger partial charge on any atom is 0.237 e. The lowest BCUT2D eigenvalue weighted by Crippen LogP contribution is -2.43. The van der Waals surface area contributed by atoms with Gasteiger partial charge in [-0.25, -0.2) is 4.98 Å². The van der Waals surface area contributed by atoms with Gasteiger partial charge in [0.05, 0.1) is 18.6 Å². The number of terminal acetylenes is 1. The molecule has 2 N–H and O–H groups in total. The van der Waals surface area contributed by atoms with Gasteiger partial charge in [0, 0.05) is 11.1 Å². The molecule has 0 fully saturated rings. The minimum Gasteiger partial charge on any atom is -0.344 e. The van der Waals surface area contributed by atoms with Crippen LogP contribution in [0.2, 0.25) is 0 Å². The molecule has 92 valence electrons. The molecule has 0 saturated heterocycles. The summed E-state index contributed by atoms with van der Waals surface area (Å²) in [6.07, 6.45) is 6.91. The van der Waals surface area contributed by atoms with Crippen molar-refractivity contribution in [2.24, 2.45) is 0 Å². The molecule has 1 amide bonds. The van der Waals surface area contributed by atoms with Crippen LogP contribution in [0.5, 0.6) is 0 Å². The number of nitrogens with zero attached hydrogens (tertiary/aromatic N) is 1. The van der Waals surface area contributed by atoms with E-state index < -0.39 is 0 Å². The largest absolute Gasteiger partial charge is 0.344 e. The van der Waals surface area contributed by atoms with Crippen LogP contribution in [0.4, 0.5) is 0 Å². The fourth-order valence-corrected chi connectivity index (χ4v) is 2.17. The fraction of sp³-hybridized carbons (Fsp3) is 0.500. The van der Waals surface area contributed by atoms with Crippen LogP contribution in [0.1, 0.15) is 29.8 Å². The summed E-state index contributed by atoms with van der Waals surface area (Å²) in [4.78, 5) is 17.0. The minimum atomic E-state index is -0.289. The average molecular weight is 251 g/mol. The van der Waals surface area contributed by atoms with Gasteiger partial charge >= 0.3 is 0 Å². The maximum absolute atomic E-state index is 11.6. The second kappa shape index (κ2) is 6.38. The number of carbonyl (C=O) groups excluding carboxylic acids is 1. The van der Waals surface area contributed by atoms with Crippen molar-refractivity contribution >= 4 is 17.2 Å². The molecule has 0 aromatic carbocycles. The molecule has 0 radical (unpaired) electrons. The highest BCUT2D eigenvalue weighted by Crippen LogP contribution is 2.19. The molecule has 4 nitrogen and oxygen atoms in total. The first-order valence-electron chi connectivity index (χ1n) is 5.44. The van der Waals surface area contributed by atoms with Crippen LogP contribution in [-0.2, 0) is 4.79 Å². The molecule has 0 aliphatic rings. The summed E-state index contributed by atoms with van der Waals surface area (Å²) in [7, 11) is 0. The van der Waals surface area contributed by atoms with Gasteiger partial charge in [0.2, 0.25) is 5.91 Å². The van der Waals surface area contributed by atoms with Crippen LogP contribution in [0.15, 0.2) is 6.20 Å². The van der Waals surface area contributed by atoms with Crippen LogP contribution >= 0.6 is 11.3 Å². The lowest BCUT2D eigenvalue weighted by Gasteiger charge is -2.17. The summed E-state index contributed by atoms with van der Waals surface area (Å²) < 4.78 is 0. The van der Waals surface area contributed by atoms with Gasteiger partial charge in [-0.15, -0.1) is 17.8 Å². The summed E-state index contributed by atoms with van der Waals surface area (Å²) in [5.41, 5.74) is 0. The van der Waals surface area contributed by atoms with Gasteiger partial charge in [-0.3, -0.25) is 10.1 Å². The highest BCUT2D eigenvalue weighted by Gasteiger charge is 2.17. The molecule has 0 bridgehead atoms. The first kappa shape index (κ1) is 13.7. The molecular formula is C12H17N3OS. The summed E-state index contributed by atoms with van der Waals surface area (Å²) >= 11 is 1.63. The van der Waals surface area contributed by atoms with Gasteiger partial charge in [-0.05, 0) is 20.8 Å². The summed E-state index contributed by atoms with van der Waals surface area (Å²) in [5.74, 6) is 2.28. The van der Waals surface area contributed by atoms with E-state index in [1.807, 2.05) is 27.0 Å². The molecule has 0 saturated carbocycles. The van der Waals surface area contributed by atoms with Crippen LogP contribution in [0.3, 0.4) is 0 Å². The van der Waals surface area contributed by atoms with Crippen molar-refractivity contribution in [2.45, 2.75) is 32.9 Å². The van der Waals surface area contributed by atoms with Gasteiger partial charge in [0.25, 0.3) is 0 Å². The number of hydrogen-bond acceptors (Lipinski definition) is 4. The smallest absolute Gasteiger partial charge is 0.237 e. The van der Waals surface area contributed by atoms with Crippen LogP contribution < -0.4 is 10.6 Å². The number of hydrogen-bond donors (Lipinski definition) is 2. The Balaban J connectivity index is 2.48. The number of thiazole rings is 1. The highest BCUT2D eigenvalue weighted by molar-refractivity contribution is 7.11. The fourth-order valence-electron chi connectivity index (χ4n) is 1.39. The first-order valence-corrected chi connectivity index (χ1v) is 6.25. The van der Waals surface area contributed by atoms with Crippen molar-refractivity contribution in [3.8, 4) is 12.3 Å². The zero-order chi connectivity index (χ0) is 12.8. The summed E-state index contributed by atoms with van der Waals surface area (Å²) in [6, 6.07) is -0.233. The van der Waals surface area contributed by atoms with E-state index >= 15 is 0 Å².